The van der Waals surface area contributed by atoms with E-state index in [0.717, 1.165) is 20.3 Å². The van der Waals surface area contributed by atoms with Crippen LogP contribution in [0.3, 0.4) is 0 Å². The Morgan fingerprint density at radius 1 is 0.965 bits per heavy atom. The third-order valence-corrected chi connectivity index (χ3v) is 12.7. The number of fused-ring (bicyclic) bond motifs is 4. The maximum absolute atomic E-state index is 15.5. The quantitative estimate of drug-likeness (QED) is 0.209. The maximum atomic E-state index is 15.5. The van der Waals surface area contributed by atoms with Crippen molar-refractivity contribution in [3.05, 3.63) is 105 Å². The number of halogens is 1. The van der Waals surface area contributed by atoms with Gasteiger partial charge < -0.3 is 34.3 Å². The Bertz CT molecular complexity index is 1960. The minimum Gasteiger partial charge on any atom is -0.460 e. The lowest BCUT2D eigenvalue weighted by Crippen LogP contribution is -2.70. The number of amides is 2. The summed E-state index contributed by atoms with van der Waals surface area (Å²) in [5, 5.41) is 14.6. The Morgan fingerprint density at radius 2 is 1.61 bits per heavy atom. The third-order valence-electron chi connectivity index (χ3n) is 11.6. The average molecular weight is 894 g/mol. The molecule has 4 aliphatic heterocycles. The number of aliphatic hydroxyl groups is 1. The Labute approximate surface area is 345 Å². The Morgan fingerprint density at radius 3 is 2.26 bits per heavy atom. The monoisotopic (exact) mass is 893 g/mol. The van der Waals surface area contributed by atoms with E-state index in [-0.39, 0.29) is 32.4 Å². The molecular formula is C43H48IN3O10. The van der Waals surface area contributed by atoms with Crippen molar-refractivity contribution in [2.24, 2.45) is 5.41 Å². The molecule has 0 aromatic heterocycles. The summed E-state index contributed by atoms with van der Waals surface area (Å²) in [6.45, 7) is 5.39. The zero-order valence-electron chi connectivity index (χ0n) is 32.2. The van der Waals surface area contributed by atoms with E-state index in [0.29, 0.717) is 12.8 Å². The van der Waals surface area contributed by atoms with Crippen LogP contribution in [-0.2, 0) is 55.3 Å². The minimum absolute atomic E-state index is 0.00232. The normalized spacial score (nSPS) is 29.4. The van der Waals surface area contributed by atoms with Gasteiger partial charge >= 0.3 is 11.9 Å². The van der Waals surface area contributed by atoms with Gasteiger partial charge in [0.25, 0.3) is 0 Å². The van der Waals surface area contributed by atoms with Crippen molar-refractivity contribution in [1.29, 1.82) is 0 Å². The number of nitrogens with zero attached hydrogens (tertiary/aromatic N) is 2. The molecule has 0 radical (unpaired) electrons. The van der Waals surface area contributed by atoms with Crippen LogP contribution in [-0.4, -0.2) is 100 Å². The molecule has 3 aromatic carbocycles. The van der Waals surface area contributed by atoms with E-state index in [9.17, 15) is 19.5 Å². The summed E-state index contributed by atoms with van der Waals surface area (Å²) in [5.41, 5.74) is 0.208. The molecule has 4 heterocycles. The van der Waals surface area contributed by atoms with Crippen LogP contribution in [0, 0.1) is 8.99 Å². The highest BCUT2D eigenvalue weighted by molar-refractivity contribution is 14.1. The summed E-state index contributed by atoms with van der Waals surface area (Å²) in [7, 11) is 0. The molecule has 1 saturated carbocycles. The molecule has 1 aliphatic carbocycles. The zero-order valence-corrected chi connectivity index (χ0v) is 34.3. The van der Waals surface area contributed by atoms with Gasteiger partial charge in [0, 0.05) is 34.1 Å². The molecule has 0 spiro atoms. The predicted octanol–water partition coefficient (Wildman–Crippen LogP) is 4.37. The maximum Gasteiger partial charge on any atom is 0.327 e. The third kappa shape index (κ3) is 7.26. The Kier molecular flexibility index (Phi) is 11.0. The van der Waals surface area contributed by atoms with Gasteiger partial charge in [-0.2, -0.15) is 5.06 Å². The summed E-state index contributed by atoms with van der Waals surface area (Å²) < 4.78 is 26.7. The number of carbonyl (C=O) groups excluding carboxylic acids is 4. The number of hydrogen-bond donors (Lipinski definition) is 2. The van der Waals surface area contributed by atoms with Crippen molar-refractivity contribution in [2.45, 2.75) is 113 Å². The molecule has 2 N–H and O–H groups in total. The van der Waals surface area contributed by atoms with Gasteiger partial charge in [0.1, 0.15) is 41.5 Å². The lowest BCUT2D eigenvalue weighted by molar-refractivity contribution is -0.214. The number of nitrogens with one attached hydrogen (secondary N) is 1. The second-order valence-corrected chi connectivity index (χ2v) is 17.7. The van der Waals surface area contributed by atoms with Crippen LogP contribution in [0.25, 0.3) is 0 Å². The first-order chi connectivity index (χ1) is 27.3. The van der Waals surface area contributed by atoms with Crippen LogP contribution in [0.5, 0.6) is 0 Å². The van der Waals surface area contributed by atoms with Gasteiger partial charge in [-0.25, -0.2) is 0 Å². The van der Waals surface area contributed by atoms with Crippen LogP contribution in [0.4, 0.5) is 0 Å². The summed E-state index contributed by atoms with van der Waals surface area (Å²) in [4.78, 5) is 64.8. The van der Waals surface area contributed by atoms with Crippen molar-refractivity contribution >= 4 is 46.3 Å². The first kappa shape index (κ1) is 39.9. The molecule has 5 aliphatic rings. The molecule has 8 rings (SSSR count). The van der Waals surface area contributed by atoms with E-state index >= 15 is 4.79 Å². The number of carbonyl (C=O) groups is 4. The molecule has 14 heteroatoms. The van der Waals surface area contributed by atoms with Gasteiger partial charge in [-0.05, 0) is 74.3 Å². The number of esters is 2. The highest BCUT2D eigenvalue weighted by Gasteiger charge is 2.77. The highest BCUT2D eigenvalue weighted by atomic mass is 127. The largest absolute Gasteiger partial charge is 0.460 e. The second kappa shape index (κ2) is 15.7. The van der Waals surface area contributed by atoms with Crippen LogP contribution in [0.1, 0.15) is 69.6 Å². The van der Waals surface area contributed by atoms with Crippen LogP contribution in [0.2, 0.25) is 0 Å². The average Bonchev–Trinajstić information content (AvgIpc) is 3.94. The van der Waals surface area contributed by atoms with Crippen LogP contribution < -0.4 is 5.32 Å². The molecular weight excluding hydrogens is 845 g/mol. The molecule has 4 saturated heterocycles. The molecule has 2 bridgehead atoms. The van der Waals surface area contributed by atoms with Crippen LogP contribution in [0.15, 0.2) is 84.9 Å². The summed E-state index contributed by atoms with van der Waals surface area (Å²) in [6.07, 6.45) is -2.30. The molecule has 2 amide bonds. The van der Waals surface area contributed by atoms with Gasteiger partial charge in [0.15, 0.2) is 6.04 Å². The fourth-order valence-corrected chi connectivity index (χ4v) is 9.76. The number of hydroxylamine groups is 2. The fourth-order valence-electron chi connectivity index (χ4n) is 9.20. The topological polar surface area (TPSA) is 153 Å². The zero-order chi connectivity index (χ0) is 40.1. The molecule has 57 heavy (non-hydrogen) atoms. The Hall–Kier alpha value is -3.93. The number of hydrogen-bond acceptors (Lipinski definition) is 11. The van der Waals surface area contributed by atoms with Crippen molar-refractivity contribution < 1.29 is 48.1 Å². The number of rotatable bonds is 11. The number of likely N-dealkylation sites (tertiary alicyclic amines) is 1. The summed E-state index contributed by atoms with van der Waals surface area (Å²) in [6, 6.07) is 24.1. The molecule has 3 aromatic rings. The lowest BCUT2D eigenvalue weighted by Gasteiger charge is -2.50. The fraction of sp³-hybridized carbons (Fsp3) is 0.488. The first-order valence-electron chi connectivity index (χ1n) is 19.6. The van der Waals surface area contributed by atoms with E-state index in [4.69, 9.17) is 23.8 Å². The number of benzene rings is 3. The first-order valence-corrected chi connectivity index (χ1v) is 20.7. The second-order valence-electron chi connectivity index (χ2n) is 16.5. The smallest absolute Gasteiger partial charge is 0.327 e. The summed E-state index contributed by atoms with van der Waals surface area (Å²) >= 11 is 2.24. The molecule has 8 unspecified atom stereocenters. The van der Waals surface area contributed by atoms with Crippen molar-refractivity contribution in [3.63, 3.8) is 0 Å². The highest BCUT2D eigenvalue weighted by Crippen LogP contribution is 2.60. The summed E-state index contributed by atoms with van der Waals surface area (Å²) in [5.74, 6) is -3.28. The molecule has 13 nitrogen and oxygen atoms in total. The van der Waals surface area contributed by atoms with Crippen molar-refractivity contribution in [1.82, 2.24) is 15.3 Å². The van der Waals surface area contributed by atoms with Gasteiger partial charge in [0.2, 0.25) is 17.6 Å². The van der Waals surface area contributed by atoms with E-state index in [1.165, 1.54) is 0 Å². The van der Waals surface area contributed by atoms with Gasteiger partial charge in [-0.15, -0.1) is 0 Å². The lowest BCUT2D eigenvalue weighted by atomic mass is 9.62. The van der Waals surface area contributed by atoms with Gasteiger partial charge in [-0.3, -0.25) is 24.0 Å². The molecule has 8 atom stereocenters. The standard InChI is InChI=1S/C43H48IN3O10/c1-41(2,3)54-33(49)21-20-29(25-48)45-38(50)31-19-12-22-46(31)40(52)42-23-32-34-35(56-43(55-34,27-14-6-4-7-15-27)28-16-8-5-9-17-28)37(42)57-47(36(42)39(51)53-32)24-26-13-10-11-18-30(26)44/h4-11,13-18,29,31-32,34-37,48H,12,19-25H2,1-3H3,(H,45,50). The predicted molar refractivity (Wildman–Crippen MR) is 213 cm³/mol. The minimum atomic E-state index is -1.50. The van der Waals surface area contributed by atoms with E-state index in [1.807, 2.05) is 84.9 Å². The number of ether oxygens (including phenoxy) is 4. The van der Waals surface area contributed by atoms with E-state index < -0.39 is 89.7 Å². The van der Waals surface area contributed by atoms with Gasteiger partial charge in [0.05, 0.1) is 19.2 Å². The Balaban J connectivity index is 1.14. The molecule has 5 fully saturated rings. The van der Waals surface area contributed by atoms with Crippen molar-refractivity contribution in [3.8, 4) is 0 Å². The number of aliphatic hydroxyl groups excluding tert-OH is 1. The van der Waals surface area contributed by atoms with Crippen molar-refractivity contribution in [2.75, 3.05) is 13.2 Å². The van der Waals surface area contributed by atoms with Crippen LogP contribution >= 0.6 is 22.6 Å². The van der Waals surface area contributed by atoms with Gasteiger partial charge in [-0.1, -0.05) is 78.9 Å². The van der Waals surface area contributed by atoms with E-state index in [2.05, 4.69) is 27.9 Å². The SMILES string of the molecule is CC(C)(C)OC(=O)CCC(CO)NC(=O)C1CCCN1C(=O)C12CC3OC(=O)C1N(Cc1ccccc1I)OC2C1OC(c2ccccc2)(c2ccccc2)OC31. The van der Waals surface area contributed by atoms with E-state index in [1.54, 1.807) is 30.7 Å². The molecule has 302 valence electrons.